The molecule has 106 valence electrons. The van der Waals surface area contributed by atoms with Crippen molar-refractivity contribution < 1.29 is 9.53 Å². The quantitative estimate of drug-likeness (QED) is 0.721. The van der Waals surface area contributed by atoms with Gasteiger partial charge in [-0.25, -0.2) is 0 Å². The van der Waals surface area contributed by atoms with Crippen LogP contribution in [0.4, 0.5) is 0 Å². The molecule has 0 bridgehead atoms. The molecule has 1 rings (SSSR count). The number of ether oxygens (including phenoxy) is 1. The molecular weight excluding hydrogens is 306 g/mol. The molecule has 0 aliphatic heterocycles. The lowest BCUT2D eigenvalue weighted by atomic mass is 9.83. The summed E-state index contributed by atoms with van der Waals surface area (Å²) in [6.07, 6.45) is 0. The average Bonchev–Trinajstić information content (AvgIpc) is 2.43. The van der Waals surface area contributed by atoms with E-state index in [-0.39, 0.29) is 5.91 Å². The second-order valence-electron chi connectivity index (χ2n) is 4.97. The monoisotopic (exact) mass is 327 g/mol. The molecule has 0 aromatic heterocycles. The van der Waals surface area contributed by atoms with Crippen LogP contribution in [-0.4, -0.2) is 42.9 Å². The van der Waals surface area contributed by atoms with E-state index in [2.05, 4.69) is 15.9 Å². The van der Waals surface area contributed by atoms with Crippen molar-refractivity contribution in [3.8, 4) is 0 Å². The third kappa shape index (κ3) is 4.32. The van der Waals surface area contributed by atoms with Gasteiger partial charge in [0, 0.05) is 25.5 Å². The second kappa shape index (κ2) is 7.65. The topological polar surface area (TPSA) is 29.5 Å². The SMILES string of the molecule is COCCN(CCBr)C(=O)C(C)(C)c1ccccc1. The summed E-state index contributed by atoms with van der Waals surface area (Å²) in [5.74, 6) is 0.134. The second-order valence-corrected chi connectivity index (χ2v) is 5.76. The molecule has 0 saturated carbocycles. The van der Waals surface area contributed by atoms with Gasteiger partial charge in [0.15, 0.2) is 0 Å². The first-order chi connectivity index (χ1) is 9.04. The molecule has 1 aromatic carbocycles. The van der Waals surface area contributed by atoms with E-state index in [4.69, 9.17) is 4.74 Å². The van der Waals surface area contributed by atoms with Gasteiger partial charge in [0.25, 0.3) is 0 Å². The Balaban J connectivity index is 2.88. The van der Waals surface area contributed by atoms with Crippen LogP contribution < -0.4 is 0 Å². The van der Waals surface area contributed by atoms with Crippen LogP contribution in [0.5, 0.6) is 0 Å². The standard InChI is InChI=1S/C15H22BrNO2/c1-15(2,13-7-5-4-6-8-13)14(18)17(10-9-16)11-12-19-3/h4-8H,9-12H2,1-3H3. The maximum Gasteiger partial charge on any atom is 0.232 e. The van der Waals surface area contributed by atoms with Crippen LogP contribution in [0, 0.1) is 0 Å². The molecule has 0 N–H and O–H groups in total. The van der Waals surface area contributed by atoms with Crippen molar-refractivity contribution in [2.75, 3.05) is 32.1 Å². The highest BCUT2D eigenvalue weighted by Crippen LogP contribution is 2.25. The molecule has 19 heavy (non-hydrogen) atoms. The van der Waals surface area contributed by atoms with Gasteiger partial charge in [0.1, 0.15) is 0 Å². The lowest BCUT2D eigenvalue weighted by Crippen LogP contribution is -2.45. The minimum Gasteiger partial charge on any atom is -0.383 e. The number of methoxy groups -OCH3 is 1. The number of alkyl halides is 1. The van der Waals surface area contributed by atoms with Crippen molar-refractivity contribution in [1.29, 1.82) is 0 Å². The van der Waals surface area contributed by atoms with Gasteiger partial charge in [-0.3, -0.25) is 4.79 Å². The molecular formula is C15H22BrNO2. The maximum absolute atomic E-state index is 12.7. The summed E-state index contributed by atoms with van der Waals surface area (Å²) in [7, 11) is 1.65. The van der Waals surface area contributed by atoms with E-state index < -0.39 is 5.41 Å². The molecule has 0 aliphatic carbocycles. The van der Waals surface area contributed by atoms with E-state index in [0.29, 0.717) is 19.7 Å². The lowest BCUT2D eigenvalue weighted by Gasteiger charge is -2.32. The van der Waals surface area contributed by atoms with Crippen molar-refractivity contribution in [2.24, 2.45) is 0 Å². The summed E-state index contributed by atoms with van der Waals surface area (Å²) in [6.45, 7) is 5.82. The number of benzene rings is 1. The summed E-state index contributed by atoms with van der Waals surface area (Å²) in [5, 5.41) is 0.771. The van der Waals surface area contributed by atoms with Crippen LogP contribution in [-0.2, 0) is 14.9 Å². The van der Waals surface area contributed by atoms with Gasteiger partial charge in [0.2, 0.25) is 5.91 Å². The Hall–Kier alpha value is -0.870. The minimum absolute atomic E-state index is 0.134. The Kier molecular flexibility index (Phi) is 6.52. The zero-order valence-electron chi connectivity index (χ0n) is 11.9. The Morgan fingerprint density at radius 1 is 1.26 bits per heavy atom. The highest BCUT2D eigenvalue weighted by atomic mass is 79.9. The number of amides is 1. The predicted molar refractivity (Wildman–Crippen MR) is 81.7 cm³/mol. The number of nitrogens with zero attached hydrogens (tertiary/aromatic N) is 1. The van der Waals surface area contributed by atoms with Gasteiger partial charge in [0.05, 0.1) is 12.0 Å². The maximum atomic E-state index is 12.7. The van der Waals surface area contributed by atoms with Gasteiger partial charge in [-0.15, -0.1) is 0 Å². The Morgan fingerprint density at radius 2 is 1.89 bits per heavy atom. The first kappa shape index (κ1) is 16.2. The smallest absolute Gasteiger partial charge is 0.232 e. The fraction of sp³-hybridized carbons (Fsp3) is 0.533. The van der Waals surface area contributed by atoms with Crippen molar-refractivity contribution in [3.05, 3.63) is 35.9 Å². The predicted octanol–water partition coefficient (Wildman–Crippen LogP) is 2.83. The molecule has 0 atom stereocenters. The zero-order valence-corrected chi connectivity index (χ0v) is 13.4. The normalized spacial score (nSPS) is 11.4. The van der Waals surface area contributed by atoms with Crippen molar-refractivity contribution >= 4 is 21.8 Å². The molecule has 0 radical (unpaired) electrons. The molecule has 1 aromatic rings. The van der Waals surface area contributed by atoms with E-state index in [1.54, 1.807) is 7.11 Å². The van der Waals surface area contributed by atoms with E-state index in [9.17, 15) is 4.79 Å². The summed E-state index contributed by atoms with van der Waals surface area (Å²) in [6, 6.07) is 9.90. The average molecular weight is 328 g/mol. The first-order valence-electron chi connectivity index (χ1n) is 6.44. The number of rotatable bonds is 7. The Bertz CT molecular complexity index is 392. The van der Waals surface area contributed by atoms with Gasteiger partial charge in [-0.2, -0.15) is 0 Å². The van der Waals surface area contributed by atoms with Crippen molar-refractivity contribution in [2.45, 2.75) is 19.3 Å². The molecule has 0 heterocycles. The first-order valence-corrected chi connectivity index (χ1v) is 7.56. The van der Waals surface area contributed by atoms with Crippen LogP contribution in [0.3, 0.4) is 0 Å². The van der Waals surface area contributed by atoms with Gasteiger partial charge in [-0.05, 0) is 19.4 Å². The molecule has 1 amide bonds. The number of halogens is 1. The van der Waals surface area contributed by atoms with Gasteiger partial charge >= 0.3 is 0 Å². The van der Waals surface area contributed by atoms with Crippen LogP contribution in [0.1, 0.15) is 19.4 Å². The van der Waals surface area contributed by atoms with Gasteiger partial charge < -0.3 is 9.64 Å². The van der Waals surface area contributed by atoms with E-state index >= 15 is 0 Å². The summed E-state index contributed by atoms with van der Waals surface area (Å²) < 4.78 is 5.08. The van der Waals surface area contributed by atoms with Crippen LogP contribution in [0.2, 0.25) is 0 Å². The number of carbonyl (C=O) groups is 1. The third-order valence-corrected chi connectivity index (χ3v) is 3.59. The number of hydrogen-bond donors (Lipinski definition) is 0. The van der Waals surface area contributed by atoms with E-state index in [1.807, 2.05) is 49.1 Å². The van der Waals surface area contributed by atoms with Crippen LogP contribution in [0.25, 0.3) is 0 Å². The van der Waals surface area contributed by atoms with Crippen molar-refractivity contribution in [3.63, 3.8) is 0 Å². The van der Waals surface area contributed by atoms with Crippen LogP contribution in [0.15, 0.2) is 30.3 Å². The van der Waals surface area contributed by atoms with E-state index in [0.717, 1.165) is 10.9 Å². The fourth-order valence-corrected chi connectivity index (χ4v) is 2.42. The molecule has 0 spiro atoms. The zero-order chi connectivity index (χ0) is 14.3. The van der Waals surface area contributed by atoms with E-state index in [1.165, 1.54) is 0 Å². The molecule has 0 saturated heterocycles. The minimum atomic E-state index is -0.517. The molecule has 0 fully saturated rings. The summed E-state index contributed by atoms with van der Waals surface area (Å²) in [5.41, 5.74) is 0.522. The molecule has 4 heteroatoms. The molecule has 3 nitrogen and oxygen atoms in total. The Labute approximate surface area is 124 Å². The highest BCUT2D eigenvalue weighted by molar-refractivity contribution is 9.09. The third-order valence-electron chi connectivity index (χ3n) is 3.24. The Morgan fingerprint density at radius 3 is 2.42 bits per heavy atom. The molecule has 0 aliphatic rings. The largest absolute Gasteiger partial charge is 0.383 e. The molecule has 0 unspecified atom stereocenters. The van der Waals surface area contributed by atoms with Crippen molar-refractivity contribution in [1.82, 2.24) is 4.90 Å². The number of carbonyl (C=O) groups excluding carboxylic acids is 1. The fourth-order valence-electron chi connectivity index (χ4n) is 1.99. The highest BCUT2D eigenvalue weighted by Gasteiger charge is 2.33. The van der Waals surface area contributed by atoms with Crippen LogP contribution >= 0.6 is 15.9 Å². The lowest BCUT2D eigenvalue weighted by molar-refractivity contribution is -0.136. The summed E-state index contributed by atoms with van der Waals surface area (Å²) >= 11 is 3.40. The summed E-state index contributed by atoms with van der Waals surface area (Å²) in [4.78, 5) is 14.6. The van der Waals surface area contributed by atoms with Gasteiger partial charge in [-0.1, -0.05) is 46.3 Å². The number of hydrogen-bond acceptors (Lipinski definition) is 2.